The van der Waals surface area contributed by atoms with E-state index in [4.69, 9.17) is 23.2 Å². The van der Waals surface area contributed by atoms with Crippen LogP contribution in [-0.2, 0) is 24.2 Å². The highest BCUT2D eigenvalue weighted by Crippen LogP contribution is 2.35. The van der Waals surface area contributed by atoms with Crippen LogP contribution in [0.1, 0.15) is 16.9 Å². The molecule has 0 unspecified atom stereocenters. The summed E-state index contributed by atoms with van der Waals surface area (Å²) in [5.74, 6) is -0.374. The number of carbonyl (C=O) groups is 1. The van der Waals surface area contributed by atoms with Crippen molar-refractivity contribution in [3.8, 4) is 5.69 Å². The molecule has 0 bridgehead atoms. The van der Waals surface area contributed by atoms with Gasteiger partial charge in [0.05, 0.1) is 11.1 Å². The maximum Gasteiger partial charge on any atom is 0.337 e. The summed E-state index contributed by atoms with van der Waals surface area (Å²) in [5.41, 5.74) is 0.981. The molecule has 162 valence electrons. The molecule has 0 radical (unpaired) electrons. The van der Waals surface area contributed by atoms with Gasteiger partial charge in [0.2, 0.25) is 5.91 Å². The van der Waals surface area contributed by atoms with Crippen molar-refractivity contribution in [3.05, 3.63) is 89.9 Å². The molecule has 1 amide bonds. The molecule has 6 nitrogen and oxygen atoms in total. The van der Waals surface area contributed by atoms with E-state index in [-0.39, 0.29) is 18.0 Å². The van der Waals surface area contributed by atoms with Crippen LogP contribution in [0.15, 0.2) is 58.1 Å². The Hall–Kier alpha value is -2.87. The van der Waals surface area contributed by atoms with Gasteiger partial charge in [0.1, 0.15) is 11.4 Å². The van der Waals surface area contributed by atoms with E-state index >= 15 is 0 Å². The average Bonchev–Trinajstić information content (AvgIpc) is 3.34. The second-order valence-electron chi connectivity index (χ2n) is 7.58. The summed E-state index contributed by atoms with van der Waals surface area (Å²) in [6, 6.07) is 13.3. The molecule has 0 saturated carbocycles. The van der Waals surface area contributed by atoms with Crippen LogP contribution in [0.2, 0.25) is 10.0 Å². The number of amides is 1. The molecule has 9 heteroatoms. The minimum absolute atomic E-state index is 0.224. The van der Waals surface area contributed by atoms with Crippen LogP contribution in [0.4, 0.5) is 5.69 Å². The first-order valence-electron chi connectivity index (χ1n) is 10.0. The second kappa shape index (κ2) is 8.24. The van der Waals surface area contributed by atoms with E-state index in [2.05, 4.69) is 5.32 Å². The van der Waals surface area contributed by atoms with Crippen molar-refractivity contribution >= 4 is 56.3 Å². The van der Waals surface area contributed by atoms with Crippen molar-refractivity contribution in [3.63, 3.8) is 0 Å². The predicted molar refractivity (Wildman–Crippen MR) is 129 cm³/mol. The summed E-state index contributed by atoms with van der Waals surface area (Å²) in [4.78, 5) is 41.4. The zero-order chi connectivity index (χ0) is 22.4. The Bertz CT molecular complexity index is 1490. The molecular formula is C23H17Cl2N3O3S. The molecule has 2 aromatic heterocycles. The molecule has 2 aromatic carbocycles. The topological polar surface area (TPSA) is 73.1 Å². The number of thiophene rings is 1. The highest BCUT2D eigenvalue weighted by molar-refractivity contribution is 7.19. The van der Waals surface area contributed by atoms with E-state index in [9.17, 15) is 14.4 Å². The average molecular weight is 486 g/mol. The van der Waals surface area contributed by atoms with Crippen LogP contribution in [0.5, 0.6) is 0 Å². The Morgan fingerprint density at radius 1 is 1.03 bits per heavy atom. The molecule has 0 fully saturated rings. The maximum absolute atomic E-state index is 13.5. The largest absolute Gasteiger partial charge is 0.337 e. The number of hydrogen-bond donors (Lipinski definition) is 1. The van der Waals surface area contributed by atoms with E-state index in [0.29, 0.717) is 31.6 Å². The summed E-state index contributed by atoms with van der Waals surface area (Å²) in [6.07, 6.45) is 2.63. The van der Waals surface area contributed by atoms with E-state index in [0.717, 1.165) is 34.3 Å². The Labute approximate surface area is 196 Å². The first-order valence-corrected chi connectivity index (χ1v) is 11.6. The van der Waals surface area contributed by atoms with Gasteiger partial charge >= 0.3 is 5.69 Å². The number of aromatic nitrogens is 2. The van der Waals surface area contributed by atoms with Gasteiger partial charge < -0.3 is 5.32 Å². The number of halogens is 2. The van der Waals surface area contributed by atoms with Gasteiger partial charge in [-0.25, -0.2) is 9.36 Å². The second-order valence-corrected chi connectivity index (χ2v) is 9.54. The summed E-state index contributed by atoms with van der Waals surface area (Å²) < 4.78 is 2.49. The molecule has 0 spiro atoms. The first-order chi connectivity index (χ1) is 15.4. The molecule has 2 heterocycles. The smallest absolute Gasteiger partial charge is 0.325 e. The third-order valence-corrected chi connectivity index (χ3v) is 7.28. The molecule has 1 aliphatic rings. The molecular weight excluding hydrogens is 469 g/mol. The van der Waals surface area contributed by atoms with Crippen LogP contribution in [0, 0.1) is 0 Å². The third-order valence-electron chi connectivity index (χ3n) is 5.48. The van der Waals surface area contributed by atoms with Crippen molar-refractivity contribution in [2.45, 2.75) is 25.8 Å². The van der Waals surface area contributed by atoms with Gasteiger partial charge in [0.15, 0.2) is 0 Å². The van der Waals surface area contributed by atoms with Gasteiger partial charge in [-0.05, 0) is 67.3 Å². The fraction of sp³-hybridized carbons (Fsp3) is 0.174. The van der Waals surface area contributed by atoms with Gasteiger partial charge in [-0.3, -0.25) is 14.2 Å². The fourth-order valence-corrected chi connectivity index (χ4v) is 5.75. The predicted octanol–water partition coefficient (Wildman–Crippen LogP) is 4.65. The van der Waals surface area contributed by atoms with E-state index < -0.39 is 5.69 Å². The zero-order valence-electron chi connectivity index (χ0n) is 16.7. The van der Waals surface area contributed by atoms with Crippen LogP contribution < -0.4 is 16.6 Å². The number of hydrogen-bond acceptors (Lipinski definition) is 4. The van der Waals surface area contributed by atoms with Crippen LogP contribution >= 0.6 is 34.5 Å². The molecule has 5 rings (SSSR count). The van der Waals surface area contributed by atoms with Crippen LogP contribution in [0.25, 0.3) is 15.9 Å². The molecule has 1 aliphatic carbocycles. The number of carbonyl (C=O) groups excluding carboxylic acids is 1. The molecule has 1 N–H and O–H groups in total. The monoisotopic (exact) mass is 485 g/mol. The molecule has 32 heavy (non-hydrogen) atoms. The minimum atomic E-state index is -0.573. The lowest BCUT2D eigenvalue weighted by molar-refractivity contribution is -0.116. The molecule has 4 aromatic rings. The molecule has 0 aliphatic heterocycles. The van der Waals surface area contributed by atoms with Gasteiger partial charge in [-0.15, -0.1) is 11.3 Å². The lowest BCUT2D eigenvalue weighted by Gasteiger charge is -2.13. The van der Waals surface area contributed by atoms with Crippen molar-refractivity contribution in [1.29, 1.82) is 0 Å². The first kappa shape index (κ1) is 21.0. The number of aryl methyl sites for hydroxylation is 2. The summed E-state index contributed by atoms with van der Waals surface area (Å²) in [6.45, 7) is -0.224. The van der Waals surface area contributed by atoms with Crippen molar-refractivity contribution in [1.82, 2.24) is 9.13 Å². The Morgan fingerprint density at radius 2 is 1.81 bits per heavy atom. The fourth-order valence-electron chi connectivity index (χ4n) is 4.07. The number of fused-ring (bicyclic) bond motifs is 3. The van der Waals surface area contributed by atoms with E-state index in [1.165, 1.54) is 15.9 Å². The third kappa shape index (κ3) is 3.66. The number of nitrogens with zero attached hydrogens (tertiary/aromatic N) is 2. The summed E-state index contributed by atoms with van der Waals surface area (Å²) in [7, 11) is 0. The SMILES string of the molecule is O=C(Cn1c(=O)n(-c2cccc(Cl)c2)c(=O)c2c3c(sc21)CCC3)Nc1ccc(Cl)cc1. The summed E-state index contributed by atoms with van der Waals surface area (Å²) in [5, 5.41) is 4.27. The Kier molecular flexibility index (Phi) is 5.41. The van der Waals surface area contributed by atoms with Gasteiger partial charge in [0.25, 0.3) is 5.56 Å². The maximum atomic E-state index is 13.5. The number of anilines is 1. The van der Waals surface area contributed by atoms with Crippen LogP contribution in [0.3, 0.4) is 0 Å². The zero-order valence-corrected chi connectivity index (χ0v) is 19.1. The highest BCUT2D eigenvalue weighted by atomic mass is 35.5. The number of rotatable bonds is 4. The summed E-state index contributed by atoms with van der Waals surface area (Å²) >= 11 is 13.4. The lowest BCUT2D eigenvalue weighted by Crippen LogP contribution is -2.40. The quantitative estimate of drug-likeness (QED) is 0.457. The lowest BCUT2D eigenvalue weighted by atomic mass is 10.2. The van der Waals surface area contributed by atoms with Gasteiger partial charge in [-0.1, -0.05) is 29.3 Å². The standard InChI is InChI=1S/C23H17Cl2N3O3S/c24-13-7-9-15(10-8-13)26-19(29)12-27-22-20(17-5-2-6-18(17)32-22)21(30)28(23(27)31)16-4-1-3-14(25)11-16/h1,3-4,7-11H,2,5-6,12H2,(H,26,29). The molecule has 0 saturated heterocycles. The number of nitrogens with one attached hydrogen (secondary N) is 1. The van der Waals surface area contributed by atoms with Gasteiger partial charge in [-0.2, -0.15) is 0 Å². The highest BCUT2D eigenvalue weighted by Gasteiger charge is 2.26. The Morgan fingerprint density at radius 3 is 2.56 bits per heavy atom. The van der Waals surface area contributed by atoms with Crippen LogP contribution in [-0.4, -0.2) is 15.0 Å². The van der Waals surface area contributed by atoms with Crippen molar-refractivity contribution in [2.75, 3.05) is 5.32 Å². The van der Waals surface area contributed by atoms with E-state index in [1.807, 2.05) is 0 Å². The normalized spacial score (nSPS) is 12.8. The number of benzene rings is 2. The minimum Gasteiger partial charge on any atom is -0.325 e. The molecule has 0 atom stereocenters. The van der Waals surface area contributed by atoms with Crippen molar-refractivity contribution in [2.24, 2.45) is 0 Å². The van der Waals surface area contributed by atoms with Gasteiger partial charge in [0, 0.05) is 20.6 Å². The van der Waals surface area contributed by atoms with E-state index in [1.54, 1.807) is 48.5 Å². The van der Waals surface area contributed by atoms with Crippen molar-refractivity contribution < 1.29 is 4.79 Å². The Balaban J connectivity index is 1.66.